The van der Waals surface area contributed by atoms with E-state index in [1.807, 2.05) is 24.3 Å². The largest absolute Gasteiger partial charge is 0.455 e. The molecule has 0 saturated carbocycles. The highest BCUT2D eigenvalue weighted by atomic mass is 79.9. The molecule has 4 aromatic carbocycles. The van der Waals surface area contributed by atoms with E-state index in [4.69, 9.17) is 14.4 Å². The smallest absolute Gasteiger partial charge is 0.238 e. The molecule has 0 aliphatic rings. The number of fused-ring (bicyclic) bond motifs is 3. The highest BCUT2D eigenvalue weighted by Gasteiger charge is 2.39. The van der Waals surface area contributed by atoms with Gasteiger partial charge in [-0.05, 0) is 79.7 Å². The number of halogens is 1. The lowest BCUT2D eigenvalue weighted by Crippen LogP contribution is -2.27. The zero-order chi connectivity index (χ0) is 28.0. The van der Waals surface area contributed by atoms with Crippen LogP contribution in [0.15, 0.2) is 105 Å². The molecule has 5 rings (SSSR count). The van der Waals surface area contributed by atoms with Crippen molar-refractivity contribution in [2.24, 2.45) is 9.88 Å². The summed E-state index contributed by atoms with van der Waals surface area (Å²) in [7, 11) is -6.62. The van der Waals surface area contributed by atoms with Crippen LogP contribution in [0.1, 0.15) is 27.7 Å². The van der Waals surface area contributed by atoms with Crippen LogP contribution in [0.4, 0.5) is 5.69 Å². The molecule has 2 N–H and O–H groups in total. The maximum absolute atomic E-state index is 11.9. The molecule has 0 radical (unpaired) electrons. The molecule has 0 unspecified atom stereocenters. The van der Waals surface area contributed by atoms with Crippen LogP contribution in [-0.2, 0) is 16.6 Å². The van der Waals surface area contributed by atoms with Crippen molar-refractivity contribution in [2.45, 2.75) is 44.3 Å². The number of primary sulfonamides is 1. The van der Waals surface area contributed by atoms with E-state index in [1.165, 1.54) is 23.0 Å². The summed E-state index contributed by atoms with van der Waals surface area (Å²) in [6, 6.07) is 29.1. The molecule has 0 fully saturated rings. The molecule has 1 atom stereocenters. The summed E-state index contributed by atoms with van der Waals surface area (Å²) in [6.07, 6.45) is 0. The van der Waals surface area contributed by atoms with Gasteiger partial charge in [-0.15, -0.1) is 0 Å². The number of aryl methyl sites for hydroxylation is 1. The number of nitrogens with two attached hydrogens (primary N) is 1. The third-order valence-corrected chi connectivity index (χ3v) is 12.0. The maximum Gasteiger partial charge on any atom is 0.238 e. The summed E-state index contributed by atoms with van der Waals surface area (Å²) in [4.78, 5) is 0.0452. The van der Waals surface area contributed by atoms with Crippen LogP contribution in [0.3, 0.4) is 0 Å². The van der Waals surface area contributed by atoms with Crippen LogP contribution in [0, 0.1) is 0 Å². The van der Waals surface area contributed by atoms with Crippen molar-refractivity contribution in [3.63, 3.8) is 0 Å². The molecule has 5 aromatic rings. The van der Waals surface area contributed by atoms with Gasteiger partial charge in [0.2, 0.25) is 10.0 Å². The van der Waals surface area contributed by atoms with E-state index >= 15 is 0 Å². The van der Waals surface area contributed by atoms with E-state index in [2.05, 4.69) is 90.7 Å². The van der Waals surface area contributed by atoms with Gasteiger partial charge in [-0.25, -0.2) is 18.3 Å². The van der Waals surface area contributed by atoms with Gasteiger partial charge in [-0.2, -0.15) is 0 Å². The molecule has 0 saturated heterocycles. The number of hydrogen-bond donors (Lipinski definition) is 1. The highest BCUT2D eigenvalue weighted by Crippen LogP contribution is 2.62. The van der Waals surface area contributed by atoms with Crippen molar-refractivity contribution in [1.82, 2.24) is 4.57 Å². The molecule has 1 heterocycles. The number of sulfonamides is 1. The Balaban J connectivity index is 1.82. The zero-order valence-electron chi connectivity index (χ0n) is 22.3. The van der Waals surface area contributed by atoms with Crippen molar-refractivity contribution in [1.29, 1.82) is 0 Å². The average Bonchev–Trinajstić information content (AvgIpc) is 3.21. The van der Waals surface area contributed by atoms with E-state index in [0.717, 1.165) is 27.2 Å². The van der Waals surface area contributed by atoms with E-state index in [9.17, 15) is 8.42 Å². The van der Waals surface area contributed by atoms with Crippen LogP contribution in [0.5, 0.6) is 5.75 Å². The Morgan fingerprint density at radius 3 is 2.15 bits per heavy atom. The minimum Gasteiger partial charge on any atom is -0.455 e. The molecule has 9 heteroatoms. The topological polar surface area (TPSA) is 86.7 Å². The Bertz CT molecular complexity index is 1840. The predicted octanol–water partition coefficient (Wildman–Crippen LogP) is 8.18. The minimum absolute atomic E-state index is 0.0452. The molecule has 39 heavy (non-hydrogen) atoms. The zero-order valence-corrected chi connectivity index (χ0v) is 25.6. The maximum atomic E-state index is 11.9. The Labute approximate surface area is 238 Å². The number of aromatic nitrogens is 1. The fourth-order valence-electron chi connectivity index (χ4n) is 4.89. The Morgan fingerprint density at radius 1 is 0.897 bits per heavy atom. The standard InChI is InChI=1S/C30H31BrN3O3PS/c1-5-34-28-9-7-6-8-26(28)27-20-24(16-19-29(27)34)38(30(2,3)4,37-23-14-10-21(31)11-15-23)33-22-12-17-25(18-13-22)39(32,35)36/h6-20H,5H2,1-4H3,(H2,32,35,36)/t38-/m0/s1. The summed E-state index contributed by atoms with van der Waals surface area (Å²) in [5.74, 6) is 0.711. The average molecular weight is 625 g/mol. The van der Waals surface area contributed by atoms with Crippen molar-refractivity contribution < 1.29 is 12.9 Å². The van der Waals surface area contributed by atoms with Gasteiger partial charge in [-0.1, -0.05) is 54.9 Å². The SMILES string of the molecule is CCn1c2ccccc2c2cc([P@](=Nc3ccc(S(N)(=O)=O)cc3)(Oc3ccc(Br)cc3)C(C)(C)C)ccc21. The molecule has 0 spiro atoms. The van der Waals surface area contributed by atoms with E-state index in [-0.39, 0.29) is 4.90 Å². The summed E-state index contributed by atoms with van der Waals surface area (Å²) in [5, 5.41) is 8.27. The van der Waals surface area contributed by atoms with Crippen molar-refractivity contribution >= 4 is 66.0 Å². The van der Waals surface area contributed by atoms with Gasteiger partial charge in [0.15, 0.2) is 7.28 Å². The fraction of sp³-hybridized carbons (Fsp3) is 0.200. The first-order valence-corrected chi connectivity index (χ1v) is 16.6. The van der Waals surface area contributed by atoms with Gasteiger partial charge in [0.1, 0.15) is 5.75 Å². The van der Waals surface area contributed by atoms with Crippen LogP contribution in [-0.4, -0.2) is 18.1 Å². The van der Waals surface area contributed by atoms with Gasteiger partial charge in [0, 0.05) is 43.3 Å². The second-order valence-corrected chi connectivity index (χ2v) is 16.3. The first-order chi connectivity index (χ1) is 18.4. The lowest BCUT2D eigenvalue weighted by molar-refractivity contribution is 0.571. The molecule has 0 amide bonds. The van der Waals surface area contributed by atoms with Gasteiger partial charge >= 0.3 is 0 Å². The van der Waals surface area contributed by atoms with Crippen LogP contribution < -0.4 is 15.0 Å². The first-order valence-electron chi connectivity index (χ1n) is 12.6. The van der Waals surface area contributed by atoms with Crippen molar-refractivity contribution in [2.75, 3.05) is 0 Å². The Morgan fingerprint density at radius 2 is 1.54 bits per heavy atom. The molecular weight excluding hydrogens is 593 g/mol. The molecular formula is C30H31BrN3O3PS. The van der Waals surface area contributed by atoms with E-state index in [0.29, 0.717) is 11.4 Å². The second kappa shape index (κ2) is 10.3. The predicted molar refractivity (Wildman–Crippen MR) is 166 cm³/mol. The third kappa shape index (κ3) is 5.19. The van der Waals surface area contributed by atoms with Gasteiger partial charge < -0.3 is 9.09 Å². The third-order valence-electron chi connectivity index (χ3n) is 6.80. The lowest BCUT2D eigenvalue weighted by atomic mass is 10.1. The first kappa shape index (κ1) is 27.7. The highest BCUT2D eigenvalue weighted by molar-refractivity contribution is 9.10. The fourth-order valence-corrected chi connectivity index (χ4v) is 8.75. The number of nitrogens with zero attached hydrogens (tertiary/aromatic N) is 2. The van der Waals surface area contributed by atoms with Gasteiger partial charge in [0.05, 0.1) is 10.6 Å². The van der Waals surface area contributed by atoms with Crippen molar-refractivity contribution in [3.05, 3.63) is 95.5 Å². The Hall–Kier alpha value is -2.90. The second-order valence-electron chi connectivity index (χ2n) is 10.4. The summed E-state index contributed by atoms with van der Waals surface area (Å²) < 4.78 is 39.3. The number of para-hydroxylation sites is 1. The quantitative estimate of drug-likeness (QED) is 0.193. The van der Waals surface area contributed by atoms with E-state index in [1.54, 1.807) is 12.1 Å². The van der Waals surface area contributed by atoms with Gasteiger partial charge in [-0.3, -0.25) is 0 Å². The molecule has 0 aliphatic heterocycles. The van der Waals surface area contributed by atoms with Gasteiger partial charge in [0.25, 0.3) is 0 Å². The van der Waals surface area contributed by atoms with E-state index < -0.39 is 22.5 Å². The summed E-state index contributed by atoms with van der Waals surface area (Å²) in [5.41, 5.74) is 2.98. The Kier molecular flexibility index (Phi) is 7.27. The molecule has 0 bridgehead atoms. The monoisotopic (exact) mass is 623 g/mol. The normalized spacial score (nSPS) is 13.9. The molecule has 1 aromatic heterocycles. The number of rotatable bonds is 6. The molecule has 0 aliphatic carbocycles. The van der Waals surface area contributed by atoms with Crippen LogP contribution in [0.25, 0.3) is 21.8 Å². The lowest BCUT2D eigenvalue weighted by Gasteiger charge is -2.37. The summed E-state index contributed by atoms with van der Waals surface area (Å²) in [6.45, 7) is 9.44. The minimum atomic E-state index is -3.81. The van der Waals surface area contributed by atoms with Crippen LogP contribution >= 0.6 is 23.2 Å². The number of benzene rings is 4. The summed E-state index contributed by atoms with van der Waals surface area (Å²) >= 11 is 3.51. The molecule has 202 valence electrons. The number of hydrogen-bond acceptors (Lipinski definition) is 4. The van der Waals surface area contributed by atoms with Crippen molar-refractivity contribution in [3.8, 4) is 5.75 Å². The van der Waals surface area contributed by atoms with Crippen LogP contribution in [0.2, 0.25) is 0 Å². The molecule has 6 nitrogen and oxygen atoms in total.